The minimum atomic E-state index is -0.438. The molecule has 1 saturated heterocycles. The molecule has 192 valence electrons. The third-order valence-corrected chi connectivity index (χ3v) is 10.5. The van der Waals surface area contributed by atoms with Gasteiger partial charge in [-0.25, -0.2) is 10.3 Å². The third kappa shape index (κ3) is 3.33. The van der Waals surface area contributed by atoms with Crippen LogP contribution in [-0.4, -0.2) is 29.7 Å². The number of esters is 1. The lowest BCUT2D eigenvalue weighted by Crippen LogP contribution is -2.54. The maximum absolute atomic E-state index is 12.7. The van der Waals surface area contributed by atoms with Gasteiger partial charge in [0.05, 0.1) is 17.4 Å². The Labute approximate surface area is 213 Å². The largest absolute Gasteiger partial charge is 0.458 e. The van der Waals surface area contributed by atoms with Crippen molar-refractivity contribution < 1.29 is 23.9 Å². The number of nitrogens with one attached hydrogen (secondary N) is 1. The van der Waals surface area contributed by atoms with E-state index in [1.165, 1.54) is 12.5 Å². The number of epoxide rings is 1. The van der Waals surface area contributed by atoms with Gasteiger partial charge < -0.3 is 14.3 Å². The normalized spacial score (nSPS) is 42.0. The number of carbonyl (C=O) groups excluding carboxylic acids is 2. The SMILES string of the molecule is C=C(NOC(C)=O)[C@@]12O[C@@H]1C[C@H]1[C@@H]3CC=C4C[C@@H](OC(=O)c5ccccc5)CC[C@]4(C)[C@H]3CC[C@]12C. The van der Waals surface area contributed by atoms with Crippen LogP contribution in [-0.2, 0) is 19.1 Å². The Kier molecular flexibility index (Phi) is 5.42. The molecule has 0 spiro atoms. The summed E-state index contributed by atoms with van der Waals surface area (Å²) in [5, 5.41) is 0. The second kappa shape index (κ2) is 8.20. The minimum absolute atomic E-state index is 0.0206. The summed E-state index contributed by atoms with van der Waals surface area (Å²) >= 11 is 0. The van der Waals surface area contributed by atoms with Crippen molar-refractivity contribution in [1.82, 2.24) is 5.48 Å². The van der Waals surface area contributed by atoms with Crippen molar-refractivity contribution in [2.75, 3.05) is 0 Å². The first-order chi connectivity index (χ1) is 17.2. The number of benzene rings is 1. The molecule has 5 aliphatic rings. The molecule has 0 aromatic heterocycles. The quantitative estimate of drug-likeness (QED) is 0.254. The van der Waals surface area contributed by atoms with E-state index in [-0.39, 0.29) is 35.0 Å². The molecular formula is C30H37NO5. The van der Waals surface area contributed by atoms with Gasteiger partial charge in [-0.3, -0.25) is 4.79 Å². The van der Waals surface area contributed by atoms with Crippen LogP contribution in [0.15, 0.2) is 54.3 Å². The van der Waals surface area contributed by atoms with Crippen LogP contribution >= 0.6 is 0 Å². The number of fused-ring (bicyclic) bond motifs is 7. The number of allylic oxidation sites excluding steroid dienone is 1. The molecule has 8 atom stereocenters. The number of rotatable bonds is 5. The van der Waals surface area contributed by atoms with Gasteiger partial charge in [0.2, 0.25) is 0 Å². The van der Waals surface area contributed by atoms with E-state index in [0.717, 1.165) is 44.9 Å². The molecule has 1 aliphatic heterocycles. The van der Waals surface area contributed by atoms with E-state index in [1.54, 1.807) is 0 Å². The Morgan fingerprint density at radius 3 is 2.64 bits per heavy atom. The summed E-state index contributed by atoms with van der Waals surface area (Å²) in [6.07, 6.45) is 9.72. The number of hydrogen-bond acceptors (Lipinski definition) is 6. The number of carbonyl (C=O) groups is 2. The van der Waals surface area contributed by atoms with Crippen molar-refractivity contribution >= 4 is 11.9 Å². The van der Waals surface area contributed by atoms with Gasteiger partial charge in [0.1, 0.15) is 11.7 Å². The van der Waals surface area contributed by atoms with Gasteiger partial charge in [-0.2, -0.15) is 0 Å². The monoisotopic (exact) mass is 491 g/mol. The van der Waals surface area contributed by atoms with Crippen LogP contribution in [0.3, 0.4) is 0 Å². The molecule has 1 heterocycles. The zero-order valence-electron chi connectivity index (χ0n) is 21.5. The van der Waals surface area contributed by atoms with Crippen molar-refractivity contribution in [2.24, 2.45) is 28.6 Å². The van der Waals surface area contributed by atoms with Gasteiger partial charge >= 0.3 is 11.9 Å². The lowest BCUT2D eigenvalue weighted by Gasteiger charge is -2.58. The van der Waals surface area contributed by atoms with Crippen molar-refractivity contribution in [3.63, 3.8) is 0 Å². The van der Waals surface area contributed by atoms with E-state index in [1.807, 2.05) is 30.3 Å². The maximum Gasteiger partial charge on any atom is 0.338 e. The summed E-state index contributed by atoms with van der Waals surface area (Å²) in [5.41, 5.74) is 5.29. The summed E-state index contributed by atoms with van der Waals surface area (Å²) in [7, 11) is 0. The fraction of sp³-hybridized carbons (Fsp3) is 0.600. The number of hydrogen-bond donors (Lipinski definition) is 1. The van der Waals surface area contributed by atoms with Gasteiger partial charge in [0, 0.05) is 18.8 Å². The molecule has 0 unspecified atom stereocenters. The van der Waals surface area contributed by atoms with Gasteiger partial charge in [-0.15, -0.1) is 0 Å². The Hall–Kier alpha value is -2.60. The van der Waals surface area contributed by atoms with E-state index >= 15 is 0 Å². The summed E-state index contributed by atoms with van der Waals surface area (Å²) in [6, 6.07) is 9.29. The van der Waals surface area contributed by atoms with E-state index in [9.17, 15) is 9.59 Å². The molecule has 1 aromatic rings. The first kappa shape index (κ1) is 23.8. The van der Waals surface area contributed by atoms with Gasteiger partial charge in [-0.05, 0) is 73.8 Å². The van der Waals surface area contributed by atoms with Gasteiger partial charge in [0.25, 0.3) is 0 Å². The van der Waals surface area contributed by atoms with Gasteiger partial charge in [0.15, 0.2) is 0 Å². The first-order valence-corrected chi connectivity index (χ1v) is 13.5. The average Bonchev–Trinajstić information content (AvgIpc) is 3.54. The lowest BCUT2D eigenvalue weighted by molar-refractivity contribution is -0.148. The van der Waals surface area contributed by atoms with Crippen LogP contribution < -0.4 is 5.48 Å². The van der Waals surface area contributed by atoms with E-state index in [0.29, 0.717) is 29.0 Å². The summed E-state index contributed by atoms with van der Waals surface area (Å²) in [5.74, 6) is 1.19. The smallest absolute Gasteiger partial charge is 0.338 e. The van der Waals surface area contributed by atoms with E-state index in [4.69, 9.17) is 14.3 Å². The van der Waals surface area contributed by atoms with E-state index in [2.05, 4.69) is 32.0 Å². The highest BCUT2D eigenvalue weighted by atomic mass is 16.7. The van der Waals surface area contributed by atoms with E-state index < -0.39 is 5.60 Å². The van der Waals surface area contributed by atoms with Crippen LogP contribution in [0.5, 0.6) is 0 Å². The molecule has 3 saturated carbocycles. The fourth-order valence-corrected chi connectivity index (χ4v) is 8.69. The lowest BCUT2D eigenvalue weighted by atomic mass is 9.47. The molecular weight excluding hydrogens is 454 g/mol. The highest BCUT2D eigenvalue weighted by molar-refractivity contribution is 5.89. The van der Waals surface area contributed by atoms with Crippen LogP contribution in [0.4, 0.5) is 0 Å². The molecule has 4 fully saturated rings. The number of ether oxygens (including phenoxy) is 2. The fourth-order valence-electron chi connectivity index (χ4n) is 8.69. The zero-order chi connectivity index (χ0) is 25.3. The van der Waals surface area contributed by atoms with Crippen LogP contribution in [0.2, 0.25) is 0 Å². The van der Waals surface area contributed by atoms with Crippen molar-refractivity contribution in [3.8, 4) is 0 Å². The Balaban J connectivity index is 1.18. The van der Waals surface area contributed by atoms with Gasteiger partial charge in [-0.1, -0.05) is 50.3 Å². The molecule has 36 heavy (non-hydrogen) atoms. The Morgan fingerprint density at radius 2 is 1.89 bits per heavy atom. The molecule has 6 nitrogen and oxygen atoms in total. The minimum Gasteiger partial charge on any atom is -0.458 e. The van der Waals surface area contributed by atoms with Crippen molar-refractivity contribution in [3.05, 3.63) is 59.8 Å². The predicted molar refractivity (Wildman–Crippen MR) is 134 cm³/mol. The molecule has 4 aliphatic carbocycles. The summed E-state index contributed by atoms with van der Waals surface area (Å²) in [4.78, 5) is 29.1. The predicted octanol–water partition coefficient (Wildman–Crippen LogP) is 5.50. The van der Waals surface area contributed by atoms with Crippen LogP contribution in [0, 0.1) is 28.6 Å². The molecule has 1 N–H and O–H groups in total. The van der Waals surface area contributed by atoms with Crippen molar-refractivity contribution in [1.29, 1.82) is 0 Å². The first-order valence-electron chi connectivity index (χ1n) is 13.5. The number of hydroxylamine groups is 1. The average molecular weight is 492 g/mol. The van der Waals surface area contributed by atoms with Crippen molar-refractivity contribution in [2.45, 2.75) is 83.5 Å². The highest BCUT2D eigenvalue weighted by Gasteiger charge is 2.78. The van der Waals surface area contributed by atoms with Crippen LogP contribution in [0.25, 0.3) is 0 Å². The second-order valence-corrected chi connectivity index (χ2v) is 12.1. The Bertz CT molecular complexity index is 1130. The molecule has 0 bridgehead atoms. The summed E-state index contributed by atoms with van der Waals surface area (Å²) < 4.78 is 12.2. The molecule has 0 amide bonds. The van der Waals surface area contributed by atoms with Crippen LogP contribution in [0.1, 0.15) is 76.1 Å². The highest BCUT2D eigenvalue weighted by Crippen LogP contribution is 2.74. The standard InChI is InChI=1S/C30H37NO5/c1-18(31-36-19(2)32)30-26(35-30)17-25-23-11-10-21-16-22(34-27(33)20-8-6-5-7-9-20)12-14-28(21,3)24(23)13-15-29(25,30)4/h5-10,22-26,31H,1,11-17H2,2-4H3/t22-,23+,24-,25-,26+,28-,29+,30+/m0/s1. The Morgan fingerprint density at radius 1 is 1.11 bits per heavy atom. The molecule has 6 rings (SSSR count). The third-order valence-electron chi connectivity index (χ3n) is 10.5. The molecule has 6 heteroatoms. The second-order valence-electron chi connectivity index (χ2n) is 12.1. The molecule has 0 radical (unpaired) electrons. The summed E-state index contributed by atoms with van der Waals surface area (Å²) in [6.45, 7) is 10.4. The molecule has 1 aromatic carbocycles. The topological polar surface area (TPSA) is 77.2 Å². The zero-order valence-corrected chi connectivity index (χ0v) is 21.5. The maximum atomic E-state index is 12.7.